The quantitative estimate of drug-likeness (QED) is 0.778. The van der Waals surface area contributed by atoms with Crippen molar-refractivity contribution >= 4 is 40.7 Å². The zero-order valence-corrected chi connectivity index (χ0v) is 16.1. The normalized spacial score (nSPS) is 12.4. The lowest BCUT2D eigenvalue weighted by Crippen LogP contribution is -2.26. The SMILES string of the molecule is CCCNC(=O)c1ccc(Cl)cc1NC(=O)c1cc(Cl)c2c(c1)OCCO2. The Kier molecular flexibility index (Phi) is 6.08. The van der Waals surface area contributed by atoms with Crippen molar-refractivity contribution < 1.29 is 19.1 Å². The van der Waals surface area contributed by atoms with Crippen molar-refractivity contribution in [3.8, 4) is 11.5 Å². The van der Waals surface area contributed by atoms with E-state index in [1.54, 1.807) is 18.2 Å². The van der Waals surface area contributed by atoms with Crippen LogP contribution in [0.4, 0.5) is 5.69 Å². The highest BCUT2D eigenvalue weighted by atomic mass is 35.5. The van der Waals surface area contributed by atoms with Gasteiger partial charge in [-0.1, -0.05) is 30.1 Å². The van der Waals surface area contributed by atoms with Gasteiger partial charge in [-0.25, -0.2) is 0 Å². The van der Waals surface area contributed by atoms with Crippen LogP contribution in [0.1, 0.15) is 34.1 Å². The summed E-state index contributed by atoms with van der Waals surface area (Å²) in [6, 6.07) is 7.74. The van der Waals surface area contributed by atoms with Crippen LogP contribution >= 0.6 is 23.2 Å². The molecule has 6 nitrogen and oxygen atoms in total. The minimum Gasteiger partial charge on any atom is -0.486 e. The Hall–Kier alpha value is -2.44. The summed E-state index contributed by atoms with van der Waals surface area (Å²) in [6.07, 6.45) is 0.802. The minimum atomic E-state index is -0.444. The van der Waals surface area contributed by atoms with E-state index < -0.39 is 5.91 Å². The molecule has 8 heteroatoms. The Morgan fingerprint density at radius 1 is 1.07 bits per heavy atom. The summed E-state index contributed by atoms with van der Waals surface area (Å²) < 4.78 is 10.9. The molecule has 3 rings (SSSR count). The van der Waals surface area contributed by atoms with Crippen molar-refractivity contribution in [3.63, 3.8) is 0 Å². The summed E-state index contributed by atoms with van der Waals surface area (Å²) in [5.41, 5.74) is 0.918. The highest BCUT2D eigenvalue weighted by molar-refractivity contribution is 6.33. The van der Waals surface area contributed by atoms with Gasteiger partial charge in [0.2, 0.25) is 0 Å². The fraction of sp³-hybridized carbons (Fsp3) is 0.263. The average Bonchev–Trinajstić information content (AvgIpc) is 2.66. The molecule has 2 amide bonds. The van der Waals surface area contributed by atoms with E-state index >= 15 is 0 Å². The van der Waals surface area contributed by atoms with Crippen LogP contribution in [0.5, 0.6) is 11.5 Å². The summed E-state index contributed by atoms with van der Waals surface area (Å²) in [5.74, 6) is 0.0949. The van der Waals surface area contributed by atoms with E-state index in [2.05, 4.69) is 10.6 Å². The second-order valence-corrected chi connectivity index (χ2v) is 6.73. The molecule has 0 aromatic heterocycles. The molecule has 0 radical (unpaired) electrons. The third-order valence-electron chi connectivity index (χ3n) is 3.87. The number of hydrogen-bond donors (Lipinski definition) is 2. The number of hydrogen-bond acceptors (Lipinski definition) is 4. The largest absolute Gasteiger partial charge is 0.486 e. The van der Waals surface area contributed by atoms with Gasteiger partial charge in [-0.3, -0.25) is 9.59 Å². The van der Waals surface area contributed by atoms with Crippen LogP contribution in [0.15, 0.2) is 30.3 Å². The first-order chi connectivity index (χ1) is 13.0. The van der Waals surface area contributed by atoms with Gasteiger partial charge in [0.05, 0.1) is 16.3 Å². The standard InChI is InChI=1S/C19H18Cl2N2O4/c1-2-5-22-19(25)13-4-3-12(20)10-15(13)23-18(24)11-8-14(21)17-16(9-11)26-6-7-27-17/h3-4,8-10H,2,5-7H2,1H3,(H,22,25)(H,23,24). The van der Waals surface area contributed by atoms with Gasteiger partial charge in [-0.15, -0.1) is 0 Å². The lowest BCUT2D eigenvalue weighted by Gasteiger charge is -2.20. The molecule has 0 aliphatic carbocycles. The van der Waals surface area contributed by atoms with E-state index in [9.17, 15) is 9.59 Å². The molecule has 0 saturated carbocycles. The highest BCUT2D eigenvalue weighted by Crippen LogP contribution is 2.38. The fourth-order valence-corrected chi connectivity index (χ4v) is 3.03. The molecule has 0 saturated heterocycles. The number of anilines is 1. The molecule has 0 unspecified atom stereocenters. The smallest absolute Gasteiger partial charge is 0.255 e. The van der Waals surface area contributed by atoms with Crippen LogP contribution in [0.2, 0.25) is 10.0 Å². The molecule has 2 aromatic carbocycles. The highest BCUT2D eigenvalue weighted by Gasteiger charge is 2.20. The number of amides is 2. The van der Waals surface area contributed by atoms with E-state index in [0.717, 1.165) is 6.42 Å². The van der Waals surface area contributed by atoms with E-state index in [0.29, 0.717) is 47.5 Å². The summed E-state index contributed by atoms with van der Waals surface area (Å²) in [7, 11) is 0. The Labute approximate surface area is 166 Å². The molecule has 1 aliphatic rings. The zero-order chi connectivity index (χ0) is 19.4. The number of rotatable bonds is 5. The number of nitrogens with one attached hydrogen (secondary N) is 2. The third kappa shape index (κ3) is 4.46. The van der Waals surface area contributed by atoms with Gasteiger partial charge >= 0.3 is 0 Å². The first kappa shape index (κ1) is 19.3. The monoisotopic (exact) mass is 408 g/mol. The Morgan fingerprint density at radius 3 is 2.63 bits per heavy atom. The number of benzene rings is 2. The van der Waals surface area contributed by atoms with Gasteiger partial charge in [0.25, 0.3) is 11.8 Å². The summed E-state index contributed by atoms with van der Waals surface area (Å²) in [5, 5.41) is 6.18. The fourth-order valence-electron chi connectivity index (χ4n) is 2.59. The first-order valence-electron chi connectivity index (χ1n) is 8.48. The summed E-state index contributed by atoms with van der Waals surface area (Å²) in [4.78, 5) is 25.0. The van der Waals surface area contributed by atoms with Crippen LogP contribution in [-0.2, 0) is 0 Å². The molecule has 0 spiro atoms. The van der Waals surface area contributed by atoms with Gasteiger partial charge in [0, 0.05) is 17.1 Å². The lowest BCUT2D eigenvalue weighted by molar-refractivity contribution is 0.0954. The van der Waals surface area contributed by atoms with Crippen molar-refractivity contribution in [1.82, 2.24) is 5.32 Å². The average molecular weight is 409 g/mol. The van der Waals surface area contributed by atoms with Gasteiger partial charge in [-0.2, -0.15) is 0 Å². The second-order valence-electron chi connectivity index (χ2n) is 5.88. The van der Waals surface area contributed by atoms with Gasteiger partial charge in [0.15, 0.2) is 11.5 Å². The molecule has 0 atom stereocenters. The maximum Gasteiger partial charge on any atom is 0.255 e. The molecular formula is C19H18Cl2N2O4. The molecular weight excluding hydrogens is 391 g/mol. The van der Waals surface area contributed by atoms with Crippen molar-refractivity contribution in [2.75, 3.05) is 25.1 Å². The zero-order valence-electron chi connectivity index (χ0n) is 14.6. The van der Waals surface area contributed by atoms with Crippen LogP contribution in [0.25, 0.3) is 0 Å². The molecule has 27 heavy (non-hydrogen) atoms. The van der Waals surface area contributed by atoms with Crippen molar-refractivity contribution in [1.29, 1.82) is 0 Å². The Balaban J connectivity index is 1.87. The van der Waals surface area contributed by atoms with E-state index in [1.807, 2.05) is 6.92 Å². The molecule has 0 bridgehead atoms. The van der Waals surface area contributed by atoms with Crippen molar-refractivity contribution in [2.45, 2.75) is 13.3 Å². The predicted octanol–water partition coefficient (Wildman–Crippen LogP) is 4.16. The Bertz CT molecular complexity index is 886. The number of carbonyl (C=O) groups excluding carboxylic acids is 2. The second kappa shape index (κ2) is 8.50. The summed E-state index contributed by atoms with van der Waals surface area (Å²) >= 11 is 12.2. The predicted molar refractivity (Wildman–Crippen MR) is 104 cm³/mol. The van der Waals surface area contributed by atoms with E-state index in [-0.39, 0.29) is 16.5 Å². The first-order valence-corrected chi connectivity index (χ1v) is 9.23. The number of carbonyl (C=O) groups is 2. The molecule has 2 N–H and O–H groups in total. The Morgan fingerprint density at radius 2 is 1.85 bits per heavy atom. The van der Waals surface area contributed by atoms with Gasteiger partial charge in [-0.05, 0) is 36.8 Å². The minimum absolute atomic E-state index is 0.282. The van der Waals surface area contributed by atoms with Crippen LogP contribution in [0, 0.1) is 0 Å². The molecule has 2 aromatic rings. The van der Waals surface area contributed by atoms with Crippen LogP contribution in [0.3, 0.4) is 0 Å². The maximum atomic E-state index is 12.7. The third-order valence-corrected chi connectivity index (χ3v) is 4.38. The van der Waals surface area contributed by atoms with Crippen molar-refractivity contribution in [2.24, 2.45) is 0 Å². The van der Waals surface area contributed by atoms with Gasteiger partial charge in [0.1, 0.15) is 13.2 Å². The number of halogens is 2. The number of ether oxygens (including phenoxy) is 2. The molecule has 1 heterocycles. The van der Waals surface area contributed by atoms with Crippen LogP contribution < -0.4 is 20.1 Å². The number of fused-ring (bicyclic) bond motifs is 1. The lowest BCUT2D eigenvalue weighted by atomic mass is 10.1. The maximum absolute atomic E-state index is 12.7. The van der Waals surface area contributed by atoms with Crippen LogP contribution in [-0.4, -0.2) is 31.6 Å². The topological polar surface area (TPSA) is 76.7 Å². The van der Waals surface area contributed by atoms with Crippen molar-refractivity contribution in [3.05, 3.63) is 51.5 Å². The molecule has 0 fully saturated rings. The summed E-state index contributed by atoms with van der Waals surface area (Å²) in [6.45, 7) is 3.27. The van der Waals surface area contributed by atoms with E-state index in [4.69, 9.17) is 32.7 Å². The molecule has 1 aliphatic heterocycles. The molecule has 142 valence electrons. The van der Waals surface area contributed by atoms with Gasteiger partial charge < -0.3 is 20.1 Å². The van der Waals surface area contributed by atoms with E-state index in [1.165, 1.54) is 12.1 Å².